The molecule has 2 aliphatic heterocycles. The number of aromatic carboxylic acids is 1. The summed E-state index contributed by atoms with van der Waals surface area (Å²) < 4.78 is 87.1. The summed E-state index contributed by atoms with van der Waals surface area (Å²) in [7, 11) is 1.30. The second-order valence-corrected chi connectivity index (χ2v) is 17.1. The number of rotatable bonds is 12. The van der Waals surface area contributed by atoms with Gasteiger partial charge in [0.05, 0.1) is 65.9 Å². The predicted molar refractivity (Wildman–Crippen MR) is 245 cm³/mol. The SMILES string of the molecule is COC(=O)c1ccc([C@H](C)NC(=O)c2c(C)nn3c2N(Cc2cc(O)cc(C(F)(F)F)c2)CC3)cc1.Cc1nn2c(c1C(=O)N[C@@H](C)c1ccc(C(=O)O)cc1)N(Cc1cc(O)cc(C(F)(F)F)c1)CC2. The summed E-state index contributed by atoms with van der Waals surface area (Å²) in [6.07, 6.45) is -9.19. The molecule has 5 N–H and O–H groups in total. The first-order valence-electron chi connectivity index (χ1n) is 22.0. The summed E-state index contributed by atoms with van der Waals surface area (Å²) in [6.45, 7) is 8.87. The number of hydrogen-bond donors (Lipinski definition) is 5. The summed E-state index contributed by atoms with van der Waals surface area (Å²) in [5, 5.41) is 43.3. The van der Waals surface area contributed by atoms with Gasteiger partial charge in [-0.05, 0) is 111 Å². The number of phenolic OH excluding ortho intramolecular Hbond substituents is 2. The van der Waals surface area contributed by atoms with E-state index in [4.69, 9.17) is 9.84 Å². The molecule has 2 aliphatic rings. The van der Waals surface area contributed by atoms with Crippen LogP contribution >= 0.6 is 0 Å². The first-order chi connectivity index (χ1) is 33.4. The third kappa shape index (κ3) is 11.4. The number of esters is 1. The van der Waals surface area contributed by atoms with E-state index in [9.17, 15) is 55.7 Å². The van der Waals surface area contributed by atoms with Gasteiger partial charge in [0.2, 0.25) is 0 Å². The number of aromatic hydroxyl groups is 2. The van der Waals surface area contributed by atoms with Crippen LogP contribution in [0.5, 0.6) is 11.5 Å². The number of nitrogens with one attached hydrogen (secondary N) is 2. The molecule has 0 radical (unpaired) electrons. The van der Waals surface area contributed by atoms with Crippen molar-refractivity contribution < 1.29 is 65.6 Å². The van der Waals surface area contributed by atoms with Crippen LogP contribution in [0, 0.1) is 13.8 Å². The Morgan fingerprint density at radius 3 is 1.35 bits per heavy atom. The molecular weight excluding hydrogens is 943 g/mol. The van der Waals surface area contributed by atoms with Crippen LogP contribution < -0.4 is 20.4 Å². The zero-order valence-electron chi connectivity index (χ0n) is 38.8. The number of hydrogen-bond acceptors (Lipinski definition) is 11. The van der Waals surface area contributed by atoms with Crippen LogP contribution in [0.2, 0.25) is 0 Å². The van der Waals surface area contributed by atoms with Crippen molar-refractivity contribution in [2.24, 2.45) is 0 Å². The molecule has 2 aromatic heterocycles. The van der Waals surface area contributed by atoms with Crippen molar-refractivity contribution in [3.05, 3.63) is 152 Å². The lowest BCUT2D eigenvalue weighted by Crippen LogP contribution is -2.29. The molecule has 0 saturated carbocycles. The van der Waals surface area contributed by atoms with E-state index in [1.807, 2.05) is 0 Å². The van der Waals surface area contributed by atoms with Gasteiger partial charge in [-0.25, -0.2) is 19.0 Å². The Morgan fingerprint density at radius 2 is 1.00 bits per heavy atom. The van der Waals surface area contributed by atoms with Gasteiger partial charge in [0.1, 0.15) is 34.3 Å². The van der Waals surface area contributed by atoms with E-state index in [2.05, 4.69) is 20.8 Å². The monoisotopic (exact) mass is 990 g/mol. The van der Waals surface area contributed by atoms with E-state index in [-0.39, 0.29) is 35.7 Å². The van der Waals surface area contributed by atoms with Crippen LogP contribution in [0.1, 0.15) is 112 Å². The topological polar surface area (TPSA) is 204 Å². The summed E-state index contributed by atoms with van der Waals surface area (Å²) in [5.74, 6) is -2.25. The number of nitrogens with zero attached hydrogens (tertiary/aromatic N) is 6. The smallest absolute Gasteiger partial charge is 0.416 e. The quantitative estimate of drug-likeness (QED) is 0.0580. The zero-order chi connectivity index (χ0) is 51.7. The fraction of sp³-hybridized carbons (Fsp3) is 0.306. The van der Waals surface area contributed by atoms with Crippen molar-refractivity contribution in [2.45, 2.75) is 78.3 Å². The first kappa shape index (κ1) is 50.8. The standard InChI is InChI=1S/C25H25F3N4O4.C24H23F3N4O4/c1-14(17-4-6-18(7-5-17)24(35)36-3)29-22(34)21-15(2)30-32-9-8-31(23(21)32)13-16-10-19(25(26,27)28)12-20(33)11-16;1-13(16-3-5-17(6-4-16)23(34)35)28-21(33)20-14(2)29-31-8-7-30(22(20)31)12-15-9-18(24(25,26)27)11-19(32)10-15/h4-7,10-12,14,33H,8-9,13H2,1-3H3,(H,29,34);3-6,9-11,13,32H,7-8,12H2,1-2H3,(H,28,33)(H,34,35)/t14-;13-/m00/s1. The minimum atomic E-state index is -4.60. The minimum absolute atomic E-state index is 0.0507. The average Bonchev–Trinajstić information content (AvgIpc) is 4.05. The number of aryl methyl sites for hydroxylation is 2. The van der Waals surface area contributed by atoms with E-state index >= 15 is 0 Å². The number of alkyl halides is 6. The number of carboxylic acids is 1. The maximum absolute atomic E-state index is 13.3. The van der Waals surface area contributed by atoms with Crippen molar-refractivity contribution in [3.8, 4) is 11.5 Å². The van der Waals surface area contributed by atoms with Crippen LogP contribution in [0.3, 0.4) is 0 Å². The Bertz CT molecular complexity index is 2990. The van der Waals surface area contributed by atoms with Gasteiger partial charge < -0.3 is 40.5 Å². The third-order valence-electron chi connectivity index (χ3n) is 12.0. The number of carbonyl (C=O) groups excluding carboxylic acids is 3. The molecule has 0 saturated heterocycles. The number of halogens is 6. The second kappa shape index (κ2) is 20.1. The number of ether oxygens (including phenoxy) is 1. The summed E-state index contributed by atoms with van der Waals surface area (Å²) in [4.78, 5) is 52.7. The van der Waals surface area contributed by atoms with Gasteiger partial charge in [0.25, 0.3) is 11.8 Å². The number of fused-ring (bicyclic) bond motifs is 2. The van der Waals surface area contributed by atoms with Gasteiger partial charge >= 0.3 is 24.3 Å². The normalized spacial score (nSPS) is 14.0. The fourth-order valence-electron chi connectivity index (χ4n) is 8.52. The van der Waals surface area contributed by atoms with E-state index in [1.54, 1.807) is 83.3 Å². The number of anilines is 2. The lowest BCUT2D eigenvalue weighted by atomic mass is 10.1. The number of aromatic nitrogens is 4. The molecule has 2 atom stereocenters. The van der Waals surface area contributed by atoms with Crippen molar-refractivity contribution in [3.63, 3.8) is 0 Å². The molecule has 2 amide bonds. The Balaban J connectivity index is 0.000000209. The molecule has 16 nitrogen and oxygen atoms in total. The zero-order valence-corrected chi connectivity index (χ0v) is 38.8. The lowest BCUT2D eigenvalue weighted by Gasteiger charge is -2.21. The number of carboxylic acid groups (broad SMARTS) is 1. The molecule has 8 rings (SSSR count). The number of methoxy groups -OCH3 is 1. The maximum atomic E-state index is 13.3. The van der Waals surface area contributed by atoms with Gasteiger partial charge in [-0.3, -0.25) is 9.59 Å². The highest BCUT2D eigenvalue weighted by Crippen LogP contribution is 2.37. The highest BCUT2D eigenvalue weighted by atomic mass is 19.4. The summed E-state index contributed by atoms with van der Waals surface area (Å²) in [5.41, 5.74) is 2.25. The molecule has 0 spiro atoms. The van der Waals surface area contributed by atoms with Gasteiger partial charge in [-0.15, -0.1) is 0 Å². The molecular formula is C49H48F6N8O8. The third-order valence-corrected chi connectivity index (χ3v) is 12.0. The van der Waals surface area contributed by atoms with Gasteiger partial charge in [-0.2, -0.15) is 36.5 Å². The molecule has 0 aliphatic carbocycles. The van der Waals surface area contributed by atoms with E-state index < -0.39 is 64.9 Å². The highest BCUT2D eigenvalue weighted by Gasteiger charge is 2.36. The first-order valence-corrected chi connectivity index (χ1v) is 22.0. The molecule has 374 valence electrons. The number of carbonyl (C=O) groups is 4. The number of benzene rings is 4. The van der Waals surface area contributed by atoms with Crippen LogP contribution in [-0.4, -0.2) is 78.8 Å². The predicted octanol–water partition coefficient (Wildman–Crippen LogP) is 8.34. The van der Waals surface area contributed by atoms with Crippen molar-refractivity contribution in [2.75, 3.05) is 30.0 Å². The molecule has 4 heterocycles. The van der Waals surface area contributed by atoms with Gasteiger partial charge in [0, 0.05) is 26.2 Å². The molecule has 6 aromatic rings. The summed E-state index contributed by atoms with van der Waals surface area (Å²) >= 11 is 0. The van der Waals surface area contributed by atoms with Crippen LogP contribution in [-0.2, 0) is 43.3 Å². The molecule has 0 bridgehead atoms. The van der Waals surface area contributed by atoms with Crippen molar-refractivity contribution >= 4 is 35.4 Å². The Labute approximate surface area is 402 Å². The van der Waals surface area contributed by atoms with E-state index in [1.165, 1.54) is 31.4 Å². The van der Waals surface area contributed by atoms with Crippen LogP contribution in [0.4, 0.5) is 38.0 Å². The van der Waals surface area contributed by atoms with Gasteiger partial charge in [-0.1, -0.05) is 24.3 Å². The largest absolute Gasteiger partial charge is 0.508 e. The van der Waals surface area contributed by atoms with Crippen molar-refractivity contribution in [1.29, 1.82) is 0 Å². The highest BCUT2D eigenvalue weighted by molar-refractivity contribution is 6.01. The van der Waals surface area contributed by atoms with Crippen molar-refractivity contribution in [1.82, 2.24) is 30.2 Å². The minimum Gasteiger partial charge on any atom is -0.508 e. The Morgan fingerprint density at radius 1 is 0.620 bits per heavy atom. The van der Waals surface area contributed by atoms with Crippen LogP contribution in [0.25, 0.3) is 0 Å². The molecule has 22 heteroatoms. The Kier molecular flexibility index (Phi) is 14.4. The maximum Gasteiger partial charge on any atom is 0.416 e. The van der Waals surface area contributed by atoms with Gasteiger partial charge in [0.15, 0.2) is 0 Å². The molecule has 4 aromatic carbocycles. The second-order valence-electron chi connectivity index (χ2n) is 17.1. The summed E-state index contributed by atoms with van der Waals surface area (Å²) in [6, 6.07) is 17.9. The van der Waals surface area contributed by atoms with E-state index in [0.717, 1.165) is 17.7 Å². The molecule has 0 unspecified atom stereocenters. The molecule has 71 heavy (non-hydrogen) atoms. The average molecular weight is 991 g/mol. The fourth-order valence-corrected chi connectivity index (χ4v) is 8.52. The Hall–Kier alpha value is -8.04. The van der Waals surface area contributed by atoms with E-state index in [0.29, 0.717) is 83.6 Å². The number of phenols is 2. The lowest BCUT2D eigenvalue weighted by molar-refractivity contribution is -0.138. The molecule has 0 fully saturated rings. The van der Waals surface area contributed by atoms with Crippen LogP contribution in [0.15, 0.2) is 84.9 Å². The number of amides is 2.